The molecule has 0 bridgehead atoms. The van der Waals surface area contributed by atoms with E-state index in [2.05, 4.69) is 19.3 Å². The molecule has 2 aromatic rings. The third-order valence-corrected chi connectivity index (χ3v) is 6.71. The summed E-state index contributed by atoms with van der Waals surface area (Å²) in [7, 11) is 0. The Morgan fingerprint density at radius 3 is 2.34 bits per heavy atom. The lowest BCUT2D eigenvalue weighted by molar-refractivity contribution is 0.193. The third-order valence-electron chi connectivity index (χ3n) is 6.30. The van der Waals surface area contributed by atoms with E-state index < -0.39 is 0 Å². The van der Waals surface area contributed by atoms with Crippen LogP contribution in [0.2, 0.25) is 0 Å². The summed E-state index contributed by atoms with van der Waals surface area (Å²) >= 11 is 5.83. The Balaban J connectivity index is 1.29. The number of piperazine rings is 1. The number of anilines is 2. The number of nitrogens with zero attached hydrogens (tertiary/aromatic N) is 6. The molecular formula is C21H29FN6S. The SMILES string of the molecule is Fc1ccccc1N1CCN(Cn2nc(N3CCCCC3)n(C3CC3)c2=S)CC1. The van der Waals surface area contributed by atoms with E-state index in [-0.39, 0.29) is 5.82 Å². The van der Waals surface area contributed by atoms with E-state index in [9.17, 15) is 4.39 Å². The van der Waals surface area contributed by atoms with E-state index in [1.54, 1.807) is 6.07 Å². The summed E-state index contributed by atoms with van der Waals surface area (Å²) in [5.74, 6) is 0.930. The molecule has 0 radical (unpaired) electrons. The fraction of sp³-hybridized carbons (Fsp3) is 0.619. The molecule has 0 atom stereocenters. The van der Waals surface area contributed by atoms with Gasteiger partial charge in [0.1, 0.15) is 5.82 Å². The Bertz CT molecular complexity index is 906. The quantitative estimate of drug-likeness (QED) is 0.695. The van der Waals surface area contributed by atoms with Crippen LogP contribution in [-0.4, -0.2) is 58.5 Å². The van der Waals surface area contributed by atoms with Crippen molar-refractivity contribution in [3.8, 4) is 0 Å². The Hall–Kier alpha value is -1.93. The summed E-state index contributed by atoms with van der Waals surface area (Å²) < 4.78 is 19.2. The van der Waals surface area contributed by atoms with Gasteiger partial charge in [-0.15, -0.1) is 5.10 Å². The van der Waals surface area contributed by atoms with Crippen LogP contribution in [-0.2, 0) is 6.67 Å². The van der Waals surface area contributed by atoms with E-state index >= 15 is 0 Å². The molecule has 3 heterocycles. The molecule has 1 aromatic heterocycles. The molecule has 6 nitrogen and oxygen atoms in total. The topological polar surface area (TPSA) is 32.5 Å². The molecule has 29 heavy (non-hydrogen) atoms. The third kappa shape index (κ3) is 3.92. The second-order valence-corrected chi connectivity index (χ2v) is 8.79. The van der Waals surface area contributed by atoms with Crippen LogP contribution >= 0.6 is 12.2 Å². The number of aromatic nitrogens is 3. The van der Waals surface area contributed by atoms with Crippen molar-refractivity contribution in [2.24, 2.45) is 0 Å². The van der Waals surface area contributed by atoms with Crippen molar-refractivity contribution in [2.75, 3.05) is 49.1 Å². The van der Waals surface area contributed by atoms with E-state index in [4.69, 9.17) is 17.3 Å². The van der Waals surface area contributed by atoms with Crippen molar-refractivity contribution >= 4 is 23.9 Å². The molecule has 2 saturated heterocycles. The molecule has 5 rings (SSSR count). The molecule has 3 aliphatic rings. The zero-order valence-corrected chi connectivity index (χ0v) is 17.7. The lowest BCUT2D eigenvalue weighted by Crippen LogP contribution is -2.47. The summed E-state index contributed by atoms with van der Waals surface area (Å²) in [6.45, 7) is 6.27. The molecule has 3 fully saturated rings. The molecule has 1 saturated carbocycles. The van der Waals surface area contributed by atoms with Crippen LogP contribution in [0.3, 0.4) is 0 Å². The summed E-state index contributed by atoms with van der Waals surface area (Å²) in [6, 6.07) is 7.58. The molecule has 0 amide bonds. The average Bonchev–Trinajstić information content (AvgIpc) is 3.54. The molecule has 0 unspecified atom stereocenters. The largest absolute Gasteiger partial charge is 0.367 e. The Labute approximate surface area is 176 Å². The maximum Gasteiger partial charge on any atom is 0.226 e. The van der Waals surface area contributed by atoms with Crippen LogP contribution in [0.5, 0.6) is 0 Å². The number of benzene rings is 1. The second-order valence-electron chi connectivity index (χ2n) is 8.43. The van der Waals surface area contributed by atoms with Gasteiger partial charge in [0.05, 0.1) is 12.4 Å². The lowest BCUT2D eigenvalue weighted by atomic mass is 10.1. The zero-order valence-electron chi connectivity index (χ0n) is 16.8. The van der Waals surface area contributed by atoms with Crippen LogP contribution in [0.25, 0.3) is 0 Å². The van der Waals surface area contributed by atoms with E-state index in [0.29, 0.717) is 18.4 Å². The highest BCUT2D eigenvalue weighted by Gasteiger charge is 2.31. The number of hydrogen-bond donors (Lipinski definition) is 0. The molecule has 1 aliphatic carbocycles. The Morgan fingerprint density at radius 2 is 1.66 bits per heavy atom. The van der Waals surface area contributed by atoms with Gasteiger partial charge in [0.2, 0.25) is 10.7 Å². The number of halogens is 1. The van der Waals surface area contributed by atoms with Crippen LogP contribution in [0.4, 0.5) is 16.0 Å². The van der Waals surface area contributed by atoms with Gasteiger partial charge < -0.3 is 9.80 Å². The lowest BCUT2D eigenvalue weighted by Gasteiger charge is -2.35. The molecule has 0 N–H and O–H groups in total. The zero-order chi connectivity index (χ0) is 19.8. The molecule has 2 aliphatic heterocycles. The van der Waals surface area contributed by atoms with Gasteiger partial charge in [-0.2, -0.15) is 0 Å². The van der Waals surface area contributed by atoms with E-state index in [0.717, 1.165) is 50.0 Å². The van der Waals surface area contributed by atoms with Crippen LogP contribution < -0.4 is 9.80 Å². The fourth-order valence-corrected chi connectivity index (χ4v) is 4.82. The standard InChI is InChI=1S/C21H29FN6S/c22-18-6-2-3-7-19(18)25-14-12-24(13-15-25)16-27-21(29)28(17-8-9-17)20(23-27)26-10-4-1-5-11-26/h2-3,6-7,17H,1,4-5,8-16H2. The number of piperidine rings is 1. The average molecular weight is 417 g/mol. The van der Waals surface area contributed by atoms with Gasteiger partial charge in [-0.1, -0.05) is 12.1 Å². The molecule has 8 heteroatoms. The van der Waals surface area contributed by atoms with Gasteiger partial charge in [0.25, 0.3) is 0 Å². The van der Waals surface area contributed by atoms with Crippen LogP contribution in [0.1, 0.15) is 38.1 Å². The maximum absolute atomic E-state index is 14.1. The van der Waals surface area contributed by atoms with Gasteiger partial charge in [0, 0.05) is 45.3 Å². The van der Waals surface area contributed by atoms with Crippen molar-refractivity contribution in [1.29, 1.82) is 0 Å². The summed E-state index contributed by atoms with van der Waals surface area (Å²) in [5.41, 5.74) is 0.703. The van der Waals surface area contributed by atoms with Gasteiger partial charge in [-0.25, -0.2) is 9.07 Å². The Morgan fingerprint density at radius 1 is 0.931 bits per heavy atom. The minimum absolute atomic E-state index is 0.141. The summed E-state index contributed by atoms with van der Waals surface area (Å²) in [6.07, 6.45) is 6.21. The van der Waals surface area contributed by atoms with E-state index in [1.165, 1.54) is 38.2 Å². The second kappa shape index (κ2) is 8.07. The first-order valence-corrected chi connectivity index (χ1v) is 11.3. The van der Waals surface area contributed by atoms with Crippen molar-refractivity contribution in [1.82, 2.24) is 19.2 Å². The first kappa shape index (κ1) is 19.1. The monoisotopic (exact) mass is 416 g/mol. The molecule has 156 valence electrons. The van der Waals surface area contributed by atoms with E-state index in [1.807, 2.05) is 16.8 Å². The normalized spacial score (nSPS) is 21.0. The predicted molar refractivity (Wildman–Crippen MR) is 116 cm³/mol. The minimum atomic E-state index is -0.141. The number of hydrogen-bond acceptors (Lipinski definition) is 5. The van der Waals surface area contributed by atoms with Gasteiger partial charge in [-0.3, -0.25) is 9.47 Å². The highest BCUT2D eigenvalue weighted by atomic mass is 32.1. The Kier molecular flexibility index (Phi) is 5.30. The van der Waals surface area contributed by atoms with Crippen LogP contribution in [0, 0.1) is 10.6 Å². The number of para-hydroxylation sites is 1. The molecule has 0 spiro atoms. The van der Waals surface area contributed by atoms with Gasteiger partial charge >= 0.3 is 0 Å². The summed E-state index contributed by atoms with van der Waals surface area (Å²) in [5, 5.41) is 4.97. The predicted octanol–water partition coefficient (Wildman–Crippen LogP) is 3.66. The minimum Gasteiger partial charge on any atom is -0.367 e. The number of rotatable bonds is 5. The van der Waals surface area contributed by atoms with Gasteiger partial charge in [0.15, 0.2) is 0 Å². The van der Waals surface area contributed by atoms with Crippen molar-refractivity contribution in [3.63, 3.8) is 0 Å². The van der Waals surface area contributed by atoms with Crippen molar-refractivity contribution in [2.45, 2.75) is 44.8 Å². The van der Waals surface area contributed by atoms with Crippen molar-refractivity contribution < 1.29 is 4.39 Å². The first-order valence-electron chi connectivity index (χ1n) is 10.9. The van der Waals surface area contributed by atoms with Gasteiger partial charge in [-0.05, 0) is 56.5 Å². The van der Waals surface area contributed by atoms with Crippen molar-refractivity contribution in [3.05, 3.63) is 34.9 Å². The fourth-order valence-electron chi connectivity index (χ4n) is 4.49. The highest BCUT2D eigenvalue weighted by molar-refractivity contribution is 7.71. The molecule has 1 aromatic carbocycles. The smallest absolute Gasteiger partial charge is 0.226 e. The summed E-state index contributed by atoms with van der Waals surface area (Å²) in [4.78, 5) is 6.93. The van der Waals surface area contributed by atoms with Crippen LogP contribution in [0.15, 0.2) is 24.3 Å². The maximum atomic E-state index is 14.1. The highest BCUT2D eigenvalue weighted by Crippen LogP contribution is 2.38. The first-order chi connectivity index (χ1) is 14.2. The molecular weight excluding hydrogens is 387 g/mol.